The highest BCUT2D eigenvalue weighted by Gasteiger charge is 2.09. The number of methoxy groups -OCH3 is 1. The van der Waals surface area contributed by atoms with E-state index in [0.717, 1.165) is 6.07 Å². The van der Waals surface area contributed by atoms with Crippen LogP contribution < -0.4 is 20.1 Å². The summed E-state index contributed by atoms with van der Waals surface area (Å²) in [4.78, 5) is 24.3. The van der Waals surface area contributed by atoms with Gasteiger partial charge in [0.2, 0.25) is 0 Å². The van der Waals surface area contributed by atoms with Crippen LogP contribution in [0.1, 0.15) is 10.4 Å². The fraction of sp³-hybridized carbons (Fsp3) is 0.0909. The van der Waals surface area contributed by atoms with Crippen molar-refractivity contribution in [2.75, 3.05) is 24.4 Å². The minimum atomic E-state index is -0.565. The maximum atomic E-state index is 13.1. The van der Waals surface area contributed by atoms with Crippen molar-refractivity contribution in [2.45, 2.75) is 0 Å². The van der Waals surface area contributed by atoms with Gasteiger partial charge in [0, 0.05) is 23.0 Å². The van der Waals surface area contributed by atoms with Crippen molar-refractivity contribution in [3.05, 3.63) is 83.1 Å². The molecule has 0 unspecified atom stereocenters. The largest absolute Gasteiger partial charge is 0.497 e. The average Bonchev–Trinajstić information content (AvgIpc) is 2.75. The number of hydrogen-bond donors (Lipinski definition) is 2. The zero-order chi connectivity index (χ0) is 21.5. The number of rotatable bonds is 7. The first-order chi connectivity index (χ1) is 14.4. The lowest BCUT2D eigenvalue weighted by Gasteiger charge is -2.09. The molecule has 3 rings (SSSR count). The molecule has 0 bridgehead atoms. The summed E-state index contributed by atoms with van der Waals surface area (Å²) in [6.45, 7) is -0.276. The van der Waals surface area contributed by atoms with Gasteiger partial charge in [0.25, 0.3) is 11.8 Å². The topological polar surface area (TPSA) is 76.7 Å². The molecule has 3 aromatic rings. The van der Waals surface area contributed by atoms with Crippen LogP contribution in [0.2, 0.25) is 5.02 Å². The van der Waals surface area contributed by atoms with E-state index in [4.69, 9.17) is 21.1 Å². The fourth-order valence-corrected chi connectivity index (χ4v) is 2.67. The Hall–Kier alpha value is -3.58. The van der Waals surface area contributed by atoms with E-state index in [1.807, 2.05) is 0 Å². The smallest absolute Gasteiger partial charge is 0.262 e. The van der Waals surface area contributed by atoms with Gasteiger partial charge in [-0.25, -0.2) is 4.39 Å². The van der Waals surface area contributed by atoms with E-state index in [1.54, 1.807) is 55.6 Å². The first kappa shape index (κ1) is 21.1. The highest BCUT2D eigenvalue weighted by molar-refractivity contribution is 6.30. The number of carbonyl (C=O) groups is 2. The maximum absolute atomic E-state index is 13.1. The van der Waals surface area contributed by atoms with Gasteiger partial charge in [-0.05, 0) is 60.7 Å². The van der Waals surface area contributed by atoms with Gasteiger partial charge in [0.15, 0.2) is 6.61 Å². The summed E-state index contributed by atoms with van der Waals surface area (Å²) in [6.07, 6.45) is 0. The van der Waals surface area contributed by atoms with Crippen LogP contribution in [-0.4, -0.2) is 25.5 Å². The molecule has 0 aromatic heterocycles. The average molecular weight is 429 g/mol. The Morgan fingerprint density at radius 2 is 1.50 bits per heavy atom. The quantitative estimate of drug-likeness (QED) is 0.569. The third-order valence-electron chi connectivity index (χ3n) is 4.04. The zero-order valence-corrected chi connectivity index (χ0v) is 16.7. The Morgan fingerprint density at radius 1 is 0.900 bits per heavy atom. The number of hydrogen-bond acceptors (Lipinski definition) is 4. The molecule has 0 radical (unpaired) electrons. The van der Waals surface area contributed by atoms with Crippen LogP contribution in [0.4, 0.5) is 15.8 Å². The lowest BCUT2D eigenvalue weighted by atomic mass is 10.2. The van der Waals surface area contributed by atoms with E-state index >= 15 is 0 Å². The van der Waals surface area contributed by atoms with Crippen molar-refractivity contribution < 1.29 is 23.5 Å². The van der Waals surface area contributed by atoms with Crippen LogP contribution in [-0.2, 0) is 4.79 Å². The monoisotopic (exact) mass is 428 g/mol. The van der Waals surface area contributed by atoms with E-state index in [-0.39, 0.29) is 23.3 Å². The van der Waals surface area contributed by atoms with Gasteiger partial charge in [-0.3, -0.25) is 9.59 Å². The van der Waals surface area contributed by atoms with E-state index in [1.165, 1.54) is 12.1 Å². The van der Waals surface area contributed by atoms with E-state index in [9.17, 15) is 14.0 Å². The number of anilines is 2. The minimum absolute atomic E-state index is 0.0867. The standard InChI is InChI=1S/C22H18ClFN2O4/c1-29-17-8-6-16(7-9-17)26-22(28)14-2-4-15(5-3-14)25-21(27)13-30-18-10-11-20(24)19(23)12-18/h2-12H,13H2,1H3,(H,25,27)(H,26,28). The summed E-state index contributed by atoms with van der Waals surface area (Å²) in [5.74, 6) is -0.285. The normalized spacial score (nSPS) is 10.2. The van der Waals surface area contributed by atoms with Crippen molar-refractivity contribution in [3.8, 4) is 11.5 Å². The van der Waals surface area contributed by atoms with Gasteiger partial charge in [0.1, 0.15) is 17.3 Å². The highest BCUT2D eigenvalue weighted by atomic mass is 35.5. The Kier molecular flexibility index (Phi) is 6.87. The molecule has 0 saturated heterocycles. The summed E-state index contributed by atoms with van der Waals surface area (Å²) >= 11 is 5.67. The van der Waals surface area contributed by atoms with Gasteiger partial charge in [-0.1, -0.05) is 11.6 Å². The van der Waals surface area contributed by atoms with E-state index in [2.05, 4.69) is 10.6 Å². The van der Waals surface area contributed by atoms with Crippen LogP contribution in [0.15, 0.2) is 66.7 Å². The van der Waals surface area contributed by atoms with Crippen molar-refractivity contribution in [1.29, 1.82) is 0 Å². The summed E-state index contributed by atoms with van der Waals surface area (Å²) in [6, 6.07) is 17.2. The predicted octanol–water partition coefficient (Wildman–Crippen LogP) is 4.76. The molecule has 0 aliphatic rings. The van der Waals surface area contributed by atoms with Crippen LogP contribution in [0.3, 0.4) is 0 Å². The molecular weight excluding hydrogens is 411 g/mol. The molecule has 30 heavy (non-hydrogen) atoms. The lowest BCUT2D eigenvalue weighted by Crippen LogP contribution is -2.20. The summed E-state index contributed by atoms with van der Waals surface area (Å²) in [5, 5.41) is 5.34. The Labute approximate surface area is 177 Å². The first-order valence-corrected chi connectivity index (χ1v) is 9.25. The number of nitrogens with one attached hydrogen (secondary N) is 2. The molecule has 0 atom stereocenters. The molecule has 0 heterocycles. The number of halogens is 2. The number of carbonyl (C=O) groups excluding carboxylic acids is 2. The van der Waals surface area contributed by atoms with Crippen LogP contribution in [0, 0.1) is 5.82 Å². The molecule has 2 amide bonds. The maximum Gasteiger partial charge on any atom is 0.262 e. The molecular formula is C22H18ClFN2O4. The van der Waals surface area contributed by atoms with Crippen LogP contribution in [0.5, 0.6) is 11.5 Å². The van der Waals surface area contributed by atoms with Crippen molar-refractivity contribution in [3.63, 3.8) is 0 Å². The molecule has 2 N–H and O–H groups in total. The SMILES string of the molecule is COc1ccc(NC(=O)c2ccc(NC(=O)COc3ccc(F)c(Cl)c3)cc2)cc1. The third-order valence-corrected chi connectivity index (χ3v) is 4.33. The van der Waals surface area contributed by atoms with E-state index < -0.39 is 11.7 Å². The molecule has 3 aromatic carbocycles. The van der Waals surface area contributed by atoms with Crippen LogP contribution >= 0.6 is 11.6 Å². The summed E-state index contributed by atoms with van der Waals surface area (Å²) in [5.41, 5.74) is 1.57. The third kappa shape index (κ3) is 5.71. The Balaban J connectivity index is 1.52. The second-order valence-corrected chi connectivity index (χ2v) is 6.58. The predicted molar refractivity (Wildman–Crippen MR) is 113 cm³/mol. The van der Waals surface area contributed by atoms with Gasteiger partial charge in [0.05, 0.1) is 12.1 Å². The lowest BCUT2D eigenvalue weighted by molar-refractivity contribution is -0.118. The second kappa shape index (κ2) is 9.76. The Morgan fingerprint density at radius 3 is 2.13 bits per heavy atom. The molecule has 0 aliphatic heterocycles. The number of benzene rings is 3. The minimum Gasteiger partial charge on any atom is -0.497 e. The number of ether oxygens (including phenoxy) is 2. The van der Waals surface area contributed by atoms with Gasteiger partial charge in [-0.15, -0.1) is 0 Å². The molecule has 0 aliphatic carbocycles. The van der Waals surface area contributed by atoms with Gasteiger partial charge < -0.3 is 20.1 Å². The number of amides is 2. The van der Waals surface area contributed by atoms with E-state index in [0.29, 0.717) is 22.7 Å². The van der Waals surface area contributed by atoms with Gasteiger partial charge >= 0.3 is 0 Å². The fourth-order valence-electron chi connectivity index (χ4n) is 2.50. The molecule has 6 nitrogen and oxygen atoms in total. The molecule has 154 valence electrons. The molecule has 0 spiro atoms. The summed E-state index contributed by atoms with van der Waals surface area (Å²) < 4.78 is 23.5. The molecule has 0 saturated carbocycles. The van der Waals surface area contributed by atoms with Crippen molar-refractivity contribution >= 4 is 34.8 Å². The van der Waals surface area contributed by atoms with Crippen LogP contribution in [0.25, 0.3) is 0 Å². The second-order valence-electron chi connectivity index (χ2n) is 6.17. The molecule has 0 fully saturated rings. The highest BCUT2D eigenvalue weighted by Crippen LogP contribution is 2.21. The first-order valence-electron chi connectivity index (χ1n) is 8.88. The Bertz CT molecular complexity index is 1040. The molecule has 8 heteroatoms. The zero-order valence-electron chi connectivity index (χ0n) is 15.9. The summed E-state index contributed by atoms with van der Waals surface area (Å²) in [7, 11) is 1.57. The van der Waals surface area contributed by atoms with Gasteiger partial charge in [-0.2, -0.15) is 0 Å². The van der Waals surface area contributed by atoms with Crippen molar-refractivity contribution in [2.24, 2.45) is 0 Å². The van der Waals surface area contributed by atoms with Crippen molar-refractivity contribution in [1.82, 2.24) is 0 Å².